The van der Waals surface area contributed by atoms with E-state index in [1.807, 2.05) is 0 Å². The highest BCUT2D eigenvalue weighted by molar-refractivity contribution is 7.89. The number of aryl methyl sites for hydroxylation is 1. The van der Waals surface area contributed by atoms with Gasteiger partial charge < -0.3 is 5.32 Å². The molecular formula is C14H19ClF2N2O2S. The van der Waals surface area contributed by atoms with Gasteiger partial charge in [-0.2, -0.15) is 4.31 Å². The Morgan fingerprint density at radius 3 is 2.55 bits per heavy atom. The molecule has 4 nitrogen and oxygen atoms in total. The smallest absolute Gasteiger partial charge is 0.246 e. The second-order valence-electron chi connectivity index (χ2n) is 5.74. The third kappa shape index (κ3) is 2.87. The summed E-state index contributed by atoms with van der Waals surface area (Å²) >= 11 is 0. The minimum atomic E-state index is -3.94. The fourth-order valence-corrected chi connectivity index (χ4v) is 5.31. The lowest BCUT2D eigenvalue weighted by molar-refractivity contribution is 0.332. The number of benzene rings is 1. The van der Waals surface area contributed by atoms with Gasteiger partial charge in [0, 0.05) is 24.7 Å². The minimum Gasteiger partial charge on any atom is -0.315 e. The van der Waals surface area contributed by atoms with Gasteiger partial charge in [-0.25, -0.2) is 17.2 Å². The van der Waals surface area contributed by atoms with Crippen LogP contribution in [-0.4, -0.2) is 37.9 Å². The van der Waals surface area contributed by atoms with Crippen LogP contribution in [0.5, 0.6) is 0 Å². The normalized spacial score (nSPS) is 25.6. The van der Waals surface area contributed by atoms with E-state index in [0.29, 0.717) is 12.6 Å². The van der Waals surface area contributed by atoms with Crippen molar-refractivity contribution >= 4 is 22.4 Å². The van der Waals surface area contributed by atoms with Crippen molar-refractivity contribution in [2.75, 3.05) is 13.1 Å². The number of hydrogen-bond donors (Lipinski definition) is 1. The van der Waals surface area contributed by atoms with Crippen LogP contribution in [0.2, 0.25) is 0 Å². The van der Waals surface area contributed by atoms with Crippen LogP contribution in [0.4, 0.5) is 8.78 Å². The summed E-state index contributed by atoms with van der Waals surface area (Å²) in [5.74, 6) is -1.75. The molecule has 1 aromatic carbocycles. The van der Waals surface area contributed by atoms with Crippen LogP contribution >= 0.6 is 12.4 Å². The minimum absolute atomic E-state index is 0. The van der Waals surface area contributed by atoms with E-state index in [0.717, 1.165) is 31.9 Å². The van der Waals surface area contributed by atoms with Gasteiger partial charge in [0.05, 0.1) is 0 Å². The van der Waals surface area contributed by atoms with Crippen LogP contribution in [0.3, 0.4) is 0 Å². The SMILES string of the molecule is Cc1cc(S(=O)(=O)N2C3CCNCC2CC3)c(F)cc1F.Cl. The summed E-state index contributed by atoms with van der Waals surface area (Å²) in [6.07, 6.45) is 2.30. The zero-order valence-electron chi connectivity index (χ0n) is 12.2. The van der Waals surface area contributed by atoms with Gasteiger partial charge in [0.25, 0.3) is 0 Å². The fraction of sp³-hybridized carbons (Fsp3) is 0.571. The molecule has 0 spiro atoms. The third-order valence-corrected chi connectivity index (χ3v) is 6.38. The molecule has 2 bridgehead atoms. The highest BCUT2D eigenvalue weighted by Gasteiger charge is 2.44. The maximum atomic E-state index is 14.0. The molecule has 2 saturated heterocycles. The molecule has 0 amide bonds. The van der Waals surface area contributed by atoms with Crippen LogP contribution in [0.15, 0.2) is 17.0 Å². The number of halogens is 3. The summed E-state index contributed by atoms with van der Waals surface area (Å²) < 4.78 is 54.4. The van der Waals surface area contributed by atoms with Crippen LogP contribution < -0.4 is 5.32 Å². The summed E-state index contributed by atoms with van der Waals surface area (Å²) in [5.41, 5.74) is 0.135. The topological polar surface area (TPSA) is 49.4 Å². The summed E-state index contributed by atoms with van der Waals surface area (Å²) in [6.45, 7) is 2.78. The maximum absolute atomic E-state index is 14.0. The highest BCUT2D eigenvalue weighted by atomic mass is 35.5. The average Bonchev–Trinajstić information content (AvgIpc) is 2.68. The van der Waals surface area contributed by atoms with E-state index in [9.17, 15) is 17.2 Å². The van der Waals surface area contributed by atoms with Crippen molar-refractivity contribution in [3.63, 3.8) is 0 Å². The molecule has 0 radical (unpaired) electrons. The first-order valence-corrected chi connectivity index (χ1v) is 8.55. The molecule has 1 N–H and O–H groups in total. The Morgan fingerprint density at radius 1 is 1.14 bits per heavy atom. The number of sulfonamides is 1. The Kier molecular flexibility index (Phi) is 5.11. The van der Waals surface area contributed by atoms with Crippen molar-refractivity contribution in [2.45, 2.75) is 43.2 Å². The molecule has 2 aliphatic heterocycles. The number of rotatable bonds is 2. The molecule has 1 aromatic rings. The lowest BCUT2D eigenvalue weighted by atomic mass is 10.1. The molecule has 2 fully saturated rings. The summed E-state index contributed by atoms with van der Waals surface area (Å²) in [7, 11) is -3.94. The Bertz CT molecular complexity index is 655. The summed E-state index contributed by atoms with van der Waals surface area (Å²) in [5, 5.41) is 3.21. The van der Waals surface area contributed by atoms with Crippen LogP contribution in [0.25, 0.3) is 0 Å². The van der Waals surface area contributed by atoms with Gasteiger partial charge in [0.1, 0.15) is 16.5 Å². The van der Waals surface area contributed by atoms with Gasteiger partial charge in [-0.1, -0.05) is 0 Å². The van der Waals surface area contributed by atoms with E-state index in [1.54, 1.807) is 0 Å². The monoisotopic (exact) mass is 352 g/mol. The average molecular weight is 353 g/mol. The predicted octanol–water partition coefficient (Wildman–Crippen LogP) is 2.21. The predicted molar refractivity (Wildman–Crippen MR) is 81.7 cm³/mol. The molecule has 0 aromatic heterocycles. The first kappa shape index (κ1) is 17.6. The zero-order valence-corrected chi connectivity index (χ0v) is 13.8. The molecule has 2 unspecified atom stereocenters. The molecule has 0 aliphatic carbocycles. The van der Waals surface area contributed by atoms with Crippen LogP contribution in [-0.2, 0) is 10.0 Å². The number of fused-ring (bicyclic) bond motifs is 2. The van der Waals surface area contributed by atoms with Gasteiger partial charge in [-0.05, 0) is 44.4 Å². The van der Waals surface area contributed by atoms with Gasteiger partial charge >= 0.3 is 0 Å². The fourth-order valence-electron chi connectivity index (χ4n) is 3.27. The van der Waals surface area contributed by atoms with Gasteiger partial charge in [0.15, 0.2) is 0 Å². The van der Waals surface area contributed by atoms with Crippen molar-refractivity contribution < 1.29 is 17.2 Å². The van der Waals surface area contributed by atoms with Crippen molar-refractivity contribution in [3.05, 3.63) is 29.3 Å². The second kappa shape index (κ2) is 6.39. The van der Waals surface area contributed by atoms with E-state index in [1.165, 1.54) is 11.2 Å². The van der Waals surface area contributed by atoms with E-state index in [-0.39, 0.29) is 30.1 Å². The highest BCUT2D eigenvalue weighted by Crippen LogP contribution is 2.34. The Balaban J connectivity index is 0.00000176. The lowest BCUT2D eigenvalue weighted by Gasteiger charge is -2.27. The van der Waals surface area contributed by atoms with E-state index in [4.69, 9.17) is 0 Å². The standard InChI is InChI=1S/C14H18F2N2O2S.ClH/c1-9-6-14(13(16)7-12(9)15)21(19,20)18-10-2-3-11(18)8-17-5-4-10;/h6-7,10-11,17H,2-5,8H2,1H3;1H. The number of nitrogens with one attached hydrogen (secondary N) is 1. The summed E-state index contributed by atoms with van der Waals surface area (Å²) in [4.78, 5) is -0.416. The van der Waals surface area contributed by atoms with E-state index >= 15 is 0 Å². The molecule has 124 valence electrons. The van der Waals surface area contributed by atoms with E-state index < -0.39 is 26.6 Å². The lowest BCUT2D eigenvalue weighted by Crippen LogP contribution is -2.42. The second-order valence-corrected chi connectivity index (χ2v) is 7.56. The molecule has 2 aliphatic rings. The van der Waals surface area contributed by atoms with Crippen molar-refractivity contribution in [1.29, 1.82) is 0 Å². The molecule has 22 heavy (non-hydrogen) atoms. The number of hydrogen-bond acceptors (Lipinski definition) is 3. The molecule has 2 heterocycles. The Hall–Kier alpha value is -0.760. The quantitative estimate of drug-likeness (QED) is 0.887. The summed E-state index contributed by atoms with van der Waals surface area (Å²) in [6, 6.07) is 1.50. The third-order valence-electron chi connectivity index (χ3n) is 4.36. The Morgan fingerprint density at radius 2 is 1.82 bits per heavy atom. The van der Waals surface area contributed by atoms with Crippen molar-refractivity contribution in [3.8, 4) is 0 Å². The zero-order chi connectivity index (χ0) is 15.2. The molecule has 8 heteroatoms. The van der Waals surface area contributed by atoms with Crippen molar-refractivity contribution in [1.82, 2.24) is 9.62 Å². The van der Waals surface area contributed by atoms with Crippen LogP contribution in [0.1, 0.15) is 24.8 Å². The first-order chi connectivity index (χ1) is 9.91. The van der Waals surface area contributed by atoms with Gasteiger partial charge in [-0.3, -0.25) is 0 Å². The van der Waals surface area contributed by atoms with Crippen molar-refractivity contribution in [2.24, 2.45) is 0 Å². The molecule has 3 rings (SSSR count). The van der Waals surface area contributed by atoms with E-state index in [2.05, 4.69) is 5.32 Å². The Labute approximate surface area is 135 Å². The molecule has 0 saturated carbocycles. The largest absolute Gasteiger partial charge is 0.315 e. The molecular weight excluding hydrogens is 334 g/mol. The molecule has 2 atom stereocenters. The maximum Gasteiger partial charge on any atom is 0.246 e. The van der Waals surface area contributed by atoms with Gasteiger partial charge in [0.2, 0.25) is 10.0 Å². The van der Waals surface area contributed by atoms with Crippen LogP contribution in [0, 0.1) is 18.6 Å². The van der Waals surface area contributed by atoms with Gasteiger partial charge in [-0.15, -0.1) is 12.4 Å². The number of nitrogens with zero attached hydrogens (tertiary/aromatic N) is 1. The first-order valence-electron chi connectivity index (χ1n) is 7.11.